The van der Waals surface area contributed by atoms with Gasteiger partial charge in [-0.25, -0.2) is 4.79 Å². The zero-order valence-corrected chi connectivity index (χ0v) is 14.4. The van der Waals surface area contributed by atoms with E-state index in [0.29, 0.717) is 17.0 Å². The third-order valence-electron chi connectivity index (χ3n) is 3.97. The van der Waals surface area contributed by atoms with Crippen molar-refractivity contribution in [2.24, 2.45) is 0 Å². The van der Waals surface area contributed by atoms with E-state index in [0.717, 1.165) is 29.6 Å². The minimum atomic E-state index is -0.723. The van der Waals surface area contributed by atoms with Crippen molar-refractivity contribution < 1.29 is 28.6 Å². The van der Waals surface area contributed by atoms with Gasteiger partial charge in [0.15, 0.2) is 5.76 Å². The number of amides is 1. The number of carbonyl (C=O) groups is 2. The fourth-order valence-electron chi connectivity index (χ4n) is 2.74. The number of thiophene rings is 1. The van der Waals surface area contributed by atoms with Gasteiger partial charge < -0.3 is 19.4 Å². The summed E-state index contributed by atoms with van der Waals surface area (Å²) in [6.45, 7) is 1.64. The van der Waals surface area contributed by atoms with Crippen LogP contribution in [0.25, 0.3) is 0 Å². The third-order valence-corrected chi connectivity index (χ3v) is 5.11. The quantitative estimate of drug-likeness (QED) is 0.471. The number of rotatable bonds is 4. The average molecular weight is 366 g/mol. The van der Waals surface area contributed by atoms with E-state index in [1.165, 1.54) is 29.4 Å². The van der Waals surface area contributed by atoms with E-state index in [1.807, 2.05) is 0 Å². The Morgan fingerprint density at radius 1 is 1.44 bits per heavy atom. The number of ether oxygens (including phenoxy) is 1. The van der Waals surface area contributed by atoms with Gasteiger partial charge in [0.1, 0.15) is 16.5 Å². The highest BCUT2D eigenvalue weighted by atomic mass is 32.1. The lowest BCUT2D eigenvalue weighted by Crippen LogP contribution is -3.08. The van der Waals surface area contributed by atoms with Crippen molar-refractivity contribution in [3.05, 3.63) is 44.0 Å². The SMILES string of the molecule is COC(=O)c1c(NC(=O)c2ccc([N+](=O)[O-])o2)sc2c1CC[NH+](C)C2. The van der Waals surface area contributed by atoms with Gasteiger partial charge in [0.05, 0.1) is 37.2 Å². The number of nitrogens with zero attached hydrogens (tertiary/aromatic N) is 1. The van der Waals surface area contributed by atoms with Crippen LogP contribution in [0.15, 0.2) is 16.5 Å². The van der Waals surface area contributed by atoms with Gasteiger partial charge in [-0.05, 0) is 11.6 Å². The van der Waals surface area contributed by atoms with E-state index in [4.69, 9.17) is 9.15 Å². The summed E-state index contributed by atoms with van der Waals surface area (Å²) in [6.07, 6.45) is 0.712. The molecule has 0 bridgehead atoms. The van der Waals surface area contributed by atoms with Crippen LogP contribution in [0.5, 0.6) is 0 Å². The van der Waals surface area contributed by atoms with Crippen molar-refractivity contribution in [1.82, 2.24) is 0 Å². The van der Waals surface area contributed by atoms with Crippen molar-refractivity contribution in [2.75, 3.05) is 26.0 Å². The Hall–Kier alpha value is -2.72. The Labute approximate surface area is 146 Å². The summed E-state index contributed by atoms with van der Waals surface area (Å²) in [4.78, 5) is 36.8. The molecule has 1 aliphatic rings. The Bertz CT molecular complexity index is 856. The Kier molecular flexibility index (Phi) is 4.55. The predicted octanol–water partition coefficient (Wildman–Crippen LogP) is 0.859. The molecule has 1 aliphatic heterocycles. The number of furan rings is 1. The van der Waals surface area contributed by atoms with E-state index in [1.54, 1.807) is 0 Å². The van der Waals surface area contributed by atoms with Crippen molar-refractivity contribution >= 4 is 34.1 Å². The maximum atomic E-state index is 12.3. The molecular formula is C15H16N3O6S+. The molecule has 2 aromatic heterocycles. The molecule has 0 saturated heterocycles. The predicted molar refractivity (Wildman–Crippen MR) is 88.1 cm³/mol. The van der Waals surface area contributed by atoms with Gasteiger partial charge in [0.2, 0.25) is 0 Å². The monoisotopic (exact) mass is 366 g/mol. The number of carbonyl (C=O) groups excluding carboxylic acids is 2. The first kappa shape index (κ1) is 17.1. The summed E-state index contributed by atoms with van der Waals surface area (Å²) in [6, 6.07) is 2.32. The largest absolute Gasteiger partial charge is 0.465 e. The number of hydrogen-bond donors (Lipinski definition) is 2. The summed E-state index contributed by atoms with van der Waals surface area (Å²) in [7, 11) is 3.34. The number of methoxy groups -OCH3 is 1. The van der Waals surface area contributed by atoms with Crippen LogP contribution in [0.1, 0.15) is 31.4 Å². The summed E-state index contributed by atoms with van der Waals surface area (Å²) in [5.74, 6) is -1.89. The smallest absolute Gasteiger partial charge is 0.433 e. The summed E-state index contributed by atoms with van der Waals surface area (Å²) < 4.78 is 9.75. The lowest BCUT2D eigenvalue weighted by molar-refractivity contribution is -0.895. The van der Waals surface area contributed by atoms with Crippen LogP contribution >= 0.6 is 11.3 Å². The number of quaternary nitrogens is 1. The van der Waals surface area contributed by atoms with E-state index < -0.39 is 22.7 Å². The minimum Gasteiger partial charge on any atom is -0.465 e. The van der Waals surface area contributed by atoms with Gasteiger partial charge in [0.25, 0.3) is 5.91 Å². The number of likely N-dealkylation sites (N-methyl/N-ethyl adjacent to an activating group) is 1. The zero-order chi connectivity index (χ0) is 18.1. The van der Waals surface area contributed by atoms with Crippen molar-refractivity contribution in [2.45, 2.75) is 13.0 Å². The van der Waals surface area contributed by atoms with Crippen molar-refractivity contribution in [1.29, 1.82) is 0 Å². The molecule has 0 saturated carbocycles. The second kappa shape index (κ2) is 6.65. The highest BCUT2D eigenvalue weighted by molar-refractivity contribution is 7.17. The van der Waals surface area contributed by atoms with Crippen LogP contribution in [-0.4, -0.2) is 37.5 Å². The molecule has 10 heteroatoms. The van der Waals surface area contributed by atoms with Gasteiger partial charge in [-0.1, -0.05) is 0 Å². The first-order valence-corrected chi connectivity index (χ1v) is 8.32. The van der Waals surface area contributed by atoms with Crippen molar-refractivity contribution in [3.63, 3.8) is 0 Å². The molecule has 0 radical (unpaired) electrons. The average Bonchev–Trinajstić information content (AvgIpc) is 3.18. The molecule has 2 N–H and O–H groups in total. The lowest BCUT2D eigenvalue weighted by Gasteiger charge is -2.19. The molecule has 1 atom stereocenters. The van der Waals surface area contributed by atoms with Crippen LogP contribution in [0.4, 0.5) is 10.9 Å². The summed E-state index contributed by atoms with van der Waals surface area (Å²) in [5.41, 5.74) is 1.24. The molecule has 1 unspecified atom stereocenters. The molecule has 2 aromatic rings. The van der Waals surface area contributed by atoms with Gasteiger partial charge in [-0.15, -0.1) is 11.3 Å². The summed E-state index contributed by atoms with van der Waals surface area (Å²) >= 11 is 1.32. The molecule has 25 heavy (non-hydrogen) atoms. The van der Waals surface area contributed by atoms with Crippen LogP contribution in [0, 0.1) is 10.1 Å². The Morgan fingerprint density at radius 2 is 2.20 bits per heavy atom. The maximum absolute atomic E-state index is 12.3. The van der Waals surface area contributed by atoms with Gasteiger partial charge in [-0.3, -0.25) is 14.9 Å². The topological polar surface area (TPSA) is 116 Å². The molecule has 0 spiro atoms. The van der Waals surface area contributed by atoms with Crippen molar-refractivity contribution in [3.8, 4) is 0 Å². The van der Waals surface area contributed by atoms with Crippen LogP contribution in [0.2, 0.25) is 0 Å². The second-order valence-corrected chi connectivity index (χ2v) is 6.79. The number of esters is 1. The second-order valence-electron chi connectivity index (χ2n) is 5.68. The van der Waals surface area contributed by atoms with E-state index in [9.17, 15) is 19.7 Å². The molecule has 3 rings (SSSR count). The number of anilines is 1. The number of nitro groups is 1. The van der Waals surface area contributed by atoms with Gasteiger partial charge in [-0.2, -0.15) is 0 Å². The van der Waals surface area contributed by atoms with Gasteiger partial charge in [0, 0.05) is 6.42 Å². The number of hydrogen-bond acceptors (Lipinski definition) is 7. The zero-order valence-electron chi connectivity index (χ0n) is 13.6. The van der Waals surface area contributed by atoms with E-state index >= 15 is 0 Å². The molecule has 132 valence electrons. The summed E-state index contributed by atoms with van der Waals surface area (Å²) in [5, 5.41) is 13.6. The molecule has 0 aliphatic carbocycles. The lowest BCUT2D eigenvalue weighted by atomic mass is 10.0. The Morgan fingerprint density at radius 3 is 2.84 bits per heavy atom. The standard InChI is InChI=1S/C15H15N3O6S/c1-17-6-5-8-10(7-17)25-14(12(8)15(20)23-2)16-13(19)9-3-4-11(24-9)18(21)22/h3-4H,5-7H2,1-2H3,(H,16,19)/p+1. The van der Waals surface area contributed by atoms with Crippen LogP contribution in [0.3, 0.4) is 0 Å². The first-order chi connectivity index (χ1) is 11.9. The molecular weight excluding hydrogens is 350 g/mol. The fraction of sp³-hybridized carbons (Fsp3) is 0.333. The normalized spacial score (nSPS) is 16.2. The molecule has 1 amide bonds. The molecule has 0 aromatic carbocycles. The maximum Gasteiger partial charge on any atom is 0.433 e. The molecule has 3 heterocycles. The first-order valence-electron chi connectivity index (χ1n) is 7.50. The van der Waals surface area contributed by atoms with E-state index in [2.05, 4.69) is 12.4 Å². The van der Waals surface area contributed by atoms with Crippen LogP contribution < -0.4 is 10.2 Å². The highest BCUT2D eigenvalue weighted by Gasteiger charge is 2.30. The Balaban J connectivity index is 1.92. The molecule has 0 fully saturated rings. The molecule has 9 nitrogen and oxygen atoms in total. The highest BCUT2D eigenvalue weighted by Crippen LogP contribution is 2.35. The van der Waals surface area contributed by atoms with Crippen LogP contribution in [-0.2, 0) is 17.7 Å². The fourth-order valence-corrected chi connectivity index (χ4v) is 4.08. The van der Waals surface area contributed by atoms with E-state index in [-0.39, 0.29) is 5.76 Å². The number of nitrogens with one attached hydrogen (secondary N) is 2. The minimum absolute atomic E-state index is 0.198. The third kappa shape index (κ3) is 3.26. The van der Waals surface area contributed by atoms with Gasteiger partial charge >= 0.3 is 11.9 Å². The number of fused-ring (bicyclic) bond motifs is 1.